The normalized spacial score (nSPS) is 15.7. The monoisotopic (exact) mass is 483 g/mol. The predicted octanol–water partition coefficient (Wildman–Crippen LogP) is 5.15. The van der Waals surface area contributed by atoms with E-state index in [-0.39, 0.29) is 28.6 Å². The molecule has 0 aromatic rings. The van der Waals surface area contributed by atoms with Crippen LogP contribution in [0.15, 0.2) is 12.2 Å². The lowest BCUT2D eigenvalue weighted by molar-refractivity contribution is -0.127. The van der Waals surface area contributed by atoms with Crippen molar-refractivity contribution in [3.63, 3.8) is 0 Å². The van der Waals surface area contributed by atoms with E-state index in [1.165, 1.54) is 0 Å². The molecule has 0 aliphatic heterocycles. The summed E-state index contributed by atoms with van der Waals surface area (Å²) in [6.45, 7) is 24.8. The maximum Gasteiger partial charge on any atom is 0.169 e. The Bertz CT molecular complexity index is 616. The van der Waals surface area contributed by atoms with E-state index in [4.69, 9.17) is 15.2 Å². The van der Waals surface area contributed by atoms with Crippen LogP contribution in [0.25, 0.3) is 0 Å². The van der Waals surface area contributed by atoms with E-state index in [0.29, 0.717) is 13.2 Å². The van der Waals surface area contributed by atoms with Crippen molar-refractivity contribution >= 4 is 5.78 Å². The highest BCUT2D eigenvalue weighted by Gasteiger charge is 2.36. The fourth-order valence-corrected chi connectivity index (χ4v) is 3.70. The number of ether oxygens (including phenoxy) is 2. The smallest absolute Gasteiger partial charge is 0.169 e. The van der Waals surface area contributed by atoms with Crippen LogP contribution in [0.3, 0.4) is 0 Å². The SMILES string of the molecule is C=C(C)C(C)(C)NC(CCCCN)C(=O)C(C)(C)NCCCC(C)(CC)OCCC(C)(C)OC. The van der Waals surface area contributed by atoms with E-state index in [0.717, 1.165) is 57.1 Å². The molecule has 6 heteroatoms. The molecule has 0 fully saturated rings. The molecule has 34 heavy (non-hydrogen) atoms. The average molecular weight is 484 g/mol. The van der Waals surface area contributed by atoms with Crippen LogP contribution in [0.2, 0.25) is 0 Å². The molecule has 0 heterocycles. The maximum absolute atomic E-state index is 13.5. The number of hydrogen-bond donors (Lipinski definition) is 3. The summed E-state index contributed by atoms with van der Waals surface area (Å²) in [4.78, 5) is 13.5. The van der Waals surface area contributed by atoms with E-state index >= 15 is 0 Å². The Balaban J connectivity index is 4.93. The van der Waals surface area contributed by atoms with Gasteiger partial charge in [-0.1, -0.05) is 25.5 Å². The first-order valence-electron chi connectivity index (χ1n) is 13.2. The number of Topliss-reactive ketones (excluding diaryl/α,β-unsaturated/α-hetero) is 1. The molecule has 0 aromatic heterocycles. The molecule has 0 aromatic carbocycles. The van der Waals surface area contributed by atoms with Gasteiger partial charge in [0.2, 0.25) is 0 Å². The molecule has 0 bridgehead atoms. The molecule has 202 valence electrons. The highest BCUT2D eigenvalue weighted by Crippen LogP contribution is 2.24. The highest BCUT2D eigenvalue weighted by molar-refractivity contribution is 5.92. The first-order chi connectivity index (χ1) is 15.6. The number of carbonyl (C=O) groups is 1. The third kappa shape index (κ3) is 12.3. The minimum Gasteiger partial charge on any atom is -0.379 e. The van der Waals surface area contributed by atoms with Crippen molar-refractivity contribution in [3.05, 3.63) is 12.2 Å². The largest absolute Gasteiger partial charge is 0.379 e. The minimum absolute atomic E-state index is 0.169. The van der Waals surface area contributed by atoms with Gasteiger partial charge in [0.05, 0.1) is 29.4 Å². The van der Waals surface area contributed by atoms with Gasteiger partial charge < -0.3 is 20.5 Å². The average Bonchev–Trinajstić information content (AvgIpc) is 2.75. The Hall–Kier alpha value is -0.790. The highest BCUT2D eigenvalue weighted by atomic mass is 16.5. The standard InChI is InChI=1S/C28H57N3O3/c1-12-28(10,34-21-18-25(4,5)33-11)17-15-20-30-27(8,9)24(32)23(16-13-14-19-29)31-26(6,7)22(2)3/h23,30-31H,2,12-21,29H2,1,3-11H3. The number of rotatable bonds is 20. The third-order valence-corrected chi connectivity index (χ3v) is 7.39. The van der Waals surface area contributed by atoms with Crippen LogP contribution in [-0.4, -0.2) is 60.9 Å². The molecule has 0 saturated carbocycles. The Kier molecular flexibility index (Phi) is 14.4. The van der Waals surface area contributed by atoms with Crippen LogP contribution in [0, 0.1) is 0 Å². The molecule has 0 amide bonds. The molecular formula is C28H57N3O3. The zero-order valence-corrected chi connectivity index (χ0v) is 24.2. The summed E-state index contributed by atoms with van der Waals surface area (Å²) < 4.78 is 11.8. The van der Waals surface area contributed by atoms with E-state index < -0.39 is 5.54 Å². The van der Waals surface area contributed by atoms with Gasteiger partial charge >= 0.3 is 0 Å². The van der Waals surface area contributed by atoms with Gasteiger partial charge in [-0.2, -0.15) is 0 Å². The van der Waals surface area contributed by atoms with Gasteiger partial charge in [0.15, 0.2) is 5.78 Å². The molecule has 0 radical (unpaired) electrons. The summed E-state index contributed by atoms with van der Waals surface area (Å²) in [5.41, 5.74) is 5.43. The number of nitrogens with two attached hydrogens (primary N) is 1. The van der Waals surface area contributed by atoms with Crippen LogP contribution in [0.4, 0.5) is 0 Å². The van der Waals surface area contributed by atoms with Gasteiger partial charge in [0.25, 0.3) is 0 Å². The molecule has 0 aliphatic carbocycles. The van der Waals surface area contributed by atoms with Crippen molar-refractivity contribution in [2.24, 2.45) is 5.73 Å². The first kappa shape index (κ1) is 33.2. The molecular weight excluding hydrogens is 426 g/mol. The summed E-state index contributed by atoms with van der Waals surface area (Å²) in [7, 11) is 1.74. The summed E-state index contributed by atoms with van der Waals surface area (Å²) >= 11 is 0. The van der Waals surface area contributed by atoms with Crippen LogP contribution in [0.1, 0.15) is 107 Å². The molecule has 0 saturated heterocycles. The molecule has 6 nitrogen and oxygen atoms in total. The predicted molar refractivity (Wildman–Crippen MR) is 145 cm³/mol. The zero-order chi connectivity index (χ0) is 26.6. The molecule has 2 atom stereocenters. The number of nitrogens with one attached hydrogen (secondary N) is 2. The molecule has 2 unspecified atom stereocenters. The topological polar surface area (TPSA) is 85.6 Å². The van der Waals surface area contributed by atoms with Gasteiger partial charge in [0.1, 0.15) is 0 Å². The van der Waals surface area contributed by atoms with Crippen LogP contribution in [0.5, 0.6) is 0 Å². The lowest BCUT2D eigenvalue weighted by atomic mass is 9.87. The van der Waals surface area contributed by atoms with Gasteiger partial charge in [0, 0.05) is 12.6 Å². The molecule has 0 rings (SSSR count). The van der Waals surface area contributed by atoms with Gasteiger partial charge in [-0.25, -0.2) is 0 Å². The van der Waals surface area contributed by atoms with E-state index in [2.05, 4.69) is 58.8 Å². The zero-order valence-electron chi connectivity index (χ0n) is 24.2. The number of hydrogen-bond acceptors (Lipinski definition) is 6. The Labute approximate surface area is 211 Å². The van der Waals surface area contributed by atoms with Gasteiger partial charge in [-0.3, -0.25) is 10.1 Å². The minimum atomic E-state index is -0.627. The van der Waals surface area contributed by atoms with E-state index in [1.54, 1.807) is 7.11 Å². The second-order valence-corrected chi connectivity index (χ2v) is 11.8. The Morgan fingerprint density at radius 2 is 1.62 bits per heavy atom. The number of carbonyl (C=O) groups excluding carboxylic acids is 1. The van der Waals surface area contributed by atoms with E-state index in [1.807, 2.05) is 20.8 Å². The lowest BCUT2D eigenvalue weighted by Gasteiger charge is -2.36. The summed E-state index contributed by atoms with van der Waals surface area (Å²) in [5, 5.41) is 7.08. The fourth-order valence-electron chi connectivity index (χ4n) is 3.70. The number of methoxy groups -OCH3 is 1. The van der Waals surface area contributed by atoms with Crippen LogP contribution >= 0.6 is 0 Å². The second-order valence-electron chi connectivity index (χ2n) is 11.8. The van der Waals surface area contributed by atoms with Crippen molar-refractivity contribution in [2.45, 2.75) is 136 Å². The number of unbranched alkanes of at least 4 members (excludes halogenated alkanes) is 1. The molecule has 0 spiro atoms. The fraction of sp³-hybridized carbons (Fsp3) is 0.893. The second kappa shape index (κ2) is 14.7. The quantitative estimate of drug-likeness (QED) is 0.164. The lowest BCUT2D eigenvalue weighted by Crippen LogP contribution is -2.59. The number of ketones is 1. The maximum atomic E-state index is 13.5. The van der Waals surface area contributed by atoms with Crippen LogP contribution in [-0.2, 0) is 14.3 Å². The van der Waals surface area contributed by atoms with Gasteiger partial charge in [-0.15, -0.1) is 0 Å². The Morgan fingerprint density at radius 1 is 1.00 bits per heavy atom. The van der Waals surface area contributed by atoms with Crippen molar-refractivity contribution in [1.29, 1.82) is 0 Å². The molecule has 4 N–H and O–H groups in total. The van der Waals surface area contributed by atoms with Crippen LogP contribution < -0.4 is 16.4 Å². The van der Waals surface area contributed by atoms with E-state index in [9.17, 15) is 4.79 Å². The van der Waals surface area contributed by atoms with Crippen molar-refractivity contribution < 1.29 is 14.3 Å². The van der Waals surface area contributed by atoms with Crippen molar-refractivity contribution in [1.82, 2.24) is 10.6 Å². The van der Waals surface area contributed by atoms with Gasteiger partial charge in [-0.05, 0) is 107 Å². The summed E-state index contributed by atoms with van der Waals surface area (Å²) in [6, 6.07) is -0.242. The van der Waals surface area contributed by atoms with Crippen molar-refractivity contribution in [3.8, 4) is 0 Å². The summed E-state index contributed by atoms with van der Waals surface area (Å²) in [6.07, 6.45) is 6.31. The summed E-state index contributed by atoms with van der Waals surface area (Å²) in [5.74, 6) is 0.190. The first-order valence-corrected chi connectivity index (χ1v) is 13.2. The molecule has 0 aliphatic rings. The van der Waals surface area contributed by atoms with Crippen molar-refractivity contribution in [2.75, 3.05) is 26.8 Å². The third-order valence-electron chi connectivity index (χ3n) is 7.39. The Morgan fingerprint density at radius 3 is 2.12 bits per heavy atom.